The van der Waals surface area contributed by atoms with Gasteiger partial charge in [-0.1, -0.05) is 48.5 Å². The first-order valence-electron chi connectivity index (χ1n) is 6.20. The highest BCUT2D eigenvalue weighted by atomic mass is 16.3. The topological polar surface area (TPSA) is 23.5 Å². The highest BCUT2D eigenvalue weighted by Gasteiger charge is 2.10. The predicted octanol–water partition coefficient (Wildman–Crippen LogP) is 3.38. The number of nitrogens with zero attached hydrogens (tertiary/aromatic N) is 1. The highest BCUT2D eigenvalue weighted by Crippen LogP contribution is 2.26. The summed E-state index contributed by atoms with van der Waals surface area (Å²) in [5.41, 5.74) is 3.31. The smallest absolute Gasteiger partial charge is 0.0781 e. The third kappa shape index (κ3) is 2.90. The molecule has 2 rings (SSSR count). The van der Waals surface area contributed by atoms with Crippen LogP contribution in [-0.4, -0.2) is 12.2 Å². The van der Waals surface area contributed by atoms with Gasteiger partial charge >= 0.3 is 0 Å². The highest BCUT2D eigenvalue weighted by molar-refractivity contribution is 5.54. The van der Waals surface area contributed by atoms with E-state index in [9.17, 15) is 5.11 Å². The van der Waals surface area contributed by atoms with Crippen molar-refractivity contribution in [3.63, 3.8) is 0 Å². The third-order valence-electron chi connectivity index (χ3n) is 3.06. The quantitative estimate of drug-likeness (QED) is 0.887. The fraction of sp³-hybridized carbons (Fsp3) is 0.250. The molecule has 0 heterocycles. The molecule has 1 atom stereocenters. The van der Waals surface area contributed by atoms with Gasteiger partial charge in [-0.3, -0.25) is 0 Å². The van der Waals surface area contributed by atoms with Crippen LogP contribution in [0.15, 0.2) is 54.6 Å². The fourth-order valence-corrected chi connectivity index (χ4v) is 2.13. The molecule has 0 unspecified atom stereocenters. The van der Waals surface area contributed by atoms with E-state index in [0.29, 0.717) is 0 Å². The molecule has 0 aromatic heterocycles. The Kier molecular flexibility index (Phi) is 4.00. The van der Waals surface area contributed by atoms with E-state index in [1.165, 1.54) is 5.56 Å². The molecule has 1 N–H and O–H groups in total. The van der Waals surface area contributed by atoms with Gasteiger partial charge in [0.25, 0.3) is 0 Å². The van der Waals surface area contributed by atoms with E-state index in [1.54, 1.807) is 6.92 Å². The first-order valence-corrected chi connectivity index (χ1v) is 6.20. The Morgan fingerprint density at radius 1 is 1.00 bits per heavy atom. The van der Waals surface area contributed by atoms with Crippen molar-refractivity contribution < 1.29 is 5.11 Å². The summed E-state index contributed by atoms with van der Waals surface area (Å²) in [4.78, 5) is 2.16. The number of anilines is 1. The maximum absolute atomic E-state index is 9.79. The van der Waals surface area contributed by atoms with Gasteiger partial charge in [0.15, 0.2) is 0 Å². The standard InChI is InChI=1S/C16H19NO/c1-13(18)15-10-6-7-11-16(15)17(2)12-14-8-4-3-5-9-14/h3-11,13,18H,12H2,1-2H3/t13-/m1/s1. The van der Waals surface area contributed by atoms with Crippen molar-refractivity contribution in [1.82, 2.24) is 0 Å². The fourth-order valence-electron chi connectivity index (χ4n) is 2.13. The van der Waals surface area contributed by atoms with Gasteiger partial charge < -0.3 is 10.0 Å². The van der Waals surface area contributed by atoms with Gasteiger partial charge in [0.2, 0.25) is 0 Å². The van der Waals surface area contributed by atoms with Gasteiger partial charge in [-0.15, -0.1) is 0 Å². The Balaban J connectivity index is 2.21. The zero-order valence-corrected chi connectivity index (χ0v) is 10.9. The molecule has 0 aliphatic rings. The minimum absolute atomic E-state index is 0.445. The van der Waals surface area contributed by atoms with Gasteiger partial charge in [-0.2, -0.15) is 0 Å². The lowest BCUT2D eigenvalue weighted by atomic mass is 10.1. The molecule has 94 valence electrons. The number of benzene rings is 2. The van der Waals surface area contributed by atoms with Crippen molar-refractivity contribution in [3.8, 4) is 0 Å². The van der Waals surface area contributed by atoms with Crippen LogP contribution in [0.2, 0.25) is 0 Å². The summed E-state index contributed by atoms with van der Waals surface area (Å²) >= 11 is 0. The summed E-state index contributed by atoms with van der Waals surface area (Å²) in [6, 6.07) is 18.3. The second kappa shape index (κ2) is 5.69. The molecular weight excluding hydrogens is 222 g/mol. The van der Waals surface area contributed by atoms with Crippen LogP contribution >= 0.6 is 0 Å². The monoisotopic (exact) mass is 241 g/mol. The molecule has 2 nitrogen and oxygen atoms in total. The predicted molar refractivity (Wildman–Crippen MR) is 75.6 cm³/mol. The van der Waals surface area contributed by atoms with Gasteiger partial charge in [0, 0.05) is 24.8 Å². The molecule has 0 radical (unpaired) electrons. The molecule has 0 saturated heterocycles. The third-order valence-corrected chi connectivity index (χ3v) is 3.06. The van der Waals surface area contributed by atoms with E-state index in [0.717, 1.165) is 17.8 Å². The molecular formula is C16H19NO. The largest absolute Gasteiger partial charge is 0.389 e. The maximum Gasteiger partial charge on any atom is 0.0781 e. The summed E-state index contributed by atoms with van der Waals surface area (Å²) in [6.07, 6.45) is -0.445. The molecule has 2 heteroatoms. The molecule has 0 amide bonds. The molecule has 0 spiro atoms. The summed E-state index contributed by atoms with van der Waals surface area (Å²) in [7, 11) is 2.05. The molecule has 0 fully saturated rings. The van der Waals surface area contributed by atoms with Crippen LogP contribution in [0.1, 0.15) is 24.2 Å². The van der Waals surface area contributed by atoms with Crippen LogP contribution in [0.3, 0.4) is 0 Å². The van der Waals surface area contributed by atoms with Crippen LogP contribution in [0, 0.1) is 0 Å². The Bertz CT molecular complexity index is 493. The van der Waals surface area contributed by atoms with Crippen molar-refractivity contribution >= 4 is 5.69 Å². The first kappa shape index (κ1) is 12.7. The van der Waals surface area contributed by atoms with Crippen LogP contribution in [-0.2, 0) is 6.54 Å². The number of aliphatic hydroxyl groups excluding tert-OH is 1. The summed E-state index contributed by atoms with van der Waals surface area (Å²) < 4.78 is 0. The van der Waals surface area contributed by atoms with Crippen molar-refractivity contribution in [2.45, 2.75) is 19.6 Å². The van der Waals surface area contributed by atoms with Crippen LogP contribution in [0.4, 0.5) is 5.69 Å². The molecule has 0 aliphatic heterocycles. The van der Waals surface area contributed by atoms with E-state index in [-0.39, 0.29) is 0 Å². The Hall–Kier alpha value is -1.80. The van der Waals surface area contributed by atoms with Gasteiger partial charge in [-0.25, -0.2) is 0 Å². The first-order chi connectivity index (χ1) is 8.68. The second-order valence-corrected chi connectivity index (χ2v) is 4.58. The Labute approximate surface area is 109 Å². The normalized spacial score (nSPS) is 12.2. The van der Waals surface area contributed by atoms with Crippen LogP contribution in [0.5, 0.6) is 0 Å². The molecule has 2 aromatic carbocycles. The van der Waals surface area contributed by atoms with Gasteiger partial charge in [0.1, 0.15) is 0 Å². The average molecular weight is 241 g/mol. The van der Waals surface area contributed by atoms with Gasteiger partial charge in [-0.05, 0) is 18.6 Å². The van der Waals surface area contributed by atoms with Crippen molar-refractivity contribution in [3.05, 3.63) is 65.7 Å². The zero-order chi connectivity index (χ0) is 13.0. The summed E-state index contributed by atoms with van der Waals surface area (Å²) in [6.45, 7) is 2.64. The van der Waals surface area contributed by atoms with Crippen LogP contribution < -0.4 is 4.90 Å². The van der Waals surface area contributed by atoms with E-state index in [2.05, 4.69) is 17.0 Å². The number of hydrogen-bond acceptors (Lipinski definition) is 2. The lowest BCUT2D eigenvalue weighted by Gasteiger charge is -2.23. The minimum Gasteiger partial charge on any atom is -0.389 e. The molecule has 18 heavy (non-hydrogen) atoms. The van der Waals surface area contributed by atoms with E-state index < -0.39 is 6.10 Å². The number of hydrogen-bond donors (Lipinski definition) is 1. The zero-order valence-electron chi connectivity index (χ0n) is 10.9. The molecule has 0 saturated carbocycles. The average Bonchev–Trinajstić information content (AvgIpc) is 2.40. The summed E-state index contributed by atoms with van der Waals surface area (Å²) in [5.74, 6) is 0. The summed E-state index contributed by atoms with van der Waals surface area (Å²) in [5, 5.41) is 9.79. The van der Waals surface area contributed by atoms with E-state index >= 15 is 0 Å². The van der Waals surface area contributed by atoms with Crippen molar-refractivity contribution in [1.29, 1.82) is 0 Å². The van der Waals surface area contributed by atoms with E-state index in [1.807, 2.05) is 49.5 Å². The second-order valence-electron chi connectivity index (χ2n) is 4.58. The number of aliphatic hydroxyl groups is 1. The lowest BCUT2D eigenvalue weighted by Crippen LogP contribution is -2.18. The number of rotatable bonds is 4. The lowest BCUT2D eigenvalue weighted by molar-refractivity contribution is 0.199. The molecule has 2 aromatic rings. The van der Waals surface area contributed by atoms with Gasteiger partial charge in [0.05, 0.1) is 6.10 Å². The number of para-hydroxylation sites is 1. The van der Waals surface area contributed by atoms with Crippen LogP contribution in [0.25, 0.3) is 0 Å². The Morgan fingerprint density at radius 3 is 2.28 bits per heavy atom. The maximum atomic E-state index is 9.79. The molecule has 0 aliphatic carbocycles. The minimum atomic E-state index is -0.445. The SMILES string of the molecule is C[C@@H](O)c1ccccc1N(C)Cc1ccccc1. The molecule has 0 bridgehead atoms. The van der Waals surface area contributed by atoms with E-state index in [4.69, 9.17) is 0 Å². The Morgan fingerprint density at radius 2 is 1.61 bits per heavy atom. The van der Waals surface area contributed by atoms with Crippen molar-refractivity contribution in [2.75, 3.05) is 11.9 Å². The van der Waals surface area contributed by atoms with Crippen molar-refractivity contribution in [2.24, 2.45) is 0 Å².